The molecule has 212 valence electrons. The van der Waals surface area contributed by atoms with Gasteiger partial charge < -0.3 is 14.4 Å². The molecule has 0 spiro atoms. The zero-order chi connectivity index (χ0) is 29.2. The van der Waals surface area contributed by atoms with Gasteiger partial charge in [0.25, 0.3) is 5.56 Å². The number of hydrogen-bond donors (Lipinski definition) is 0. The van der Waals surface area contributed by atoms with E-state index in [9.17, 15) is 4.79 Å². The maximum Gasteiger partial charge on any atom is 0.278 e. The van der Waals surface area contributed by atoms with E-state index in [-0.39, 0.29) is 11.0 Å². The highest BCUT2D eigenvalue weighted by molar-refractivity contribution is 5.74. The number of unbranched alkanes of at least 4 members (excludes halogenated alkanes) is 1. The summed E-state index contributed by atoms with van der Waals surface area (Å²) in [6.45, 7) is 16.7. The number of fused-ring (bicyclic) bond motifs is 1. The molecule has 4 rings (SSSR count). The summed E-state index contributed by atoms with van der Waals surface area (Å²) in [5.74, 6) is 1.28. The number of benzene rings is 2. The second-order valence-electron chi connectivity index (χ2n) is 11.3. The molecule has 7 heteroatoms. The van der Waals surface area contributed by atoms with Crippen molar-refractivity contribution < 1.29 is 9.47 Å². The second kappa shape index (κ2) is 11.7. The molecular formula is C33H42N4O3. The Morgan fingerprint density at radius 3 is 2.38 bits per heavy atom. The topological polar surface area (TPSA) is 69.0 Å². The molecule has 7 nitrogen and oxygen atoms in total. The third-order valence-electron chi connectivity index (χ3n) is 7.44. The minimum atomic E-state index is -0.305. The van der Waals surface area contributed by atoms with E-state index in [4.69, 9.17) is 19.6 Å². The molecule has 0 aliphatic heterocycles. The number of aryl methyl sites for hydroxylation is 1. The van der Waals surface area contributed by atoms with E-state index in [1.165, 1.54) is 23.0 Å². The number of ether oxygens (including phenoxy) is 2. The van der Waals surface area contributed by atoms with Gasteiger partial charge in [0.1, 0.15) is 11.5 Å². The largest absolute Gasteiger partial charge is 0.497 e. The Morgan fingerprint density at radius 1 is 1.02 bits per heavy atom. The van der Waals surface area contributed by atoms with Crippen molar-refractivity contribution in [1.29, 1.82) is 0 Å². The minimum absolute atomic E-state index is 0.198. The molecule has 0 N–H and O–H groups in total. The fourth-order valence-electron chi connectivity index (χ4n) is 5.06. The van der Waals surface area contributed by atoms with E-state index in [0.717, 1.165) is 35.1 Å². The lowest BCUT2D eigenvalue weighted by molar-refractivity contribution is 0.404. The number of aromatic nitrogens is 3. The van der Waals surface area contributed by atoms with Gasteiger partial charge in [0.2, 0.25) is 0 Å². The van der Waals surface area contributed by atoms with Crippen molar-refractivity contribution in [2.75, 3.05) is 32.2 Å². The second-order valence-corrected chi connectivity index (χ2v) is 11.3. The molecule has 0 aliphatic carbocycles. The summed E-state index contributed by atoms with van der Waals surface area (Å²) in [5.41, 5.74) is 6.08. The molecule has 0 radical (unpaired) electrons. The number of methoxy groups -OCH3 is 2. The van der Waals surface area contributed by atoms with Gasteiger partial charge in [-0.15, -0.1) is 0 Å². The number of rotatable bonds is 9. The van der Waals surface area contributed by atoms with Crippen LogP contribution in [0.25, 0.3) is 23.0 Å². The van der Waals surface area contributed by atoms with Crippen LogP contribution in [0.5, 0.6) is 11.5 Å². The van der Waals surface area contributed by atoms with E-state index in [0.29, 0.717) is 34.0 Å². The molecule has 2 heterocycles. The first kappa shape index (κ1) is 29.1. The van der Waals surface area contributed by atoms with Crippen LogP contribution < -0.4 is 25.2 Å². The Kier molecular flexibility index (Phi) is 8.52. The molecule has 0 amide bonds. The Morgan fingerprint density at radius 2 is 1.77 bits per heavy atom. The molecule has 0 atom stereocenters. The Hall–Kier alpha value is -3.87. The number of hydrogen-bond acceptors (Lipinski definition) is 6. The summed E-state index contributed by atoms with van der Waals surface area (Å²) < 4.78 is 12.6. The van der Waals surface area contributed by atoms with Gasteiger partial charge in [-0.3, -0.25) is 4.79 Å². The summed E-state index contributed by atoms with van der Waals surface area (Å²) in [4.78, 5) is 21.2. The normalized spacial score (nSPS) is 12.3. The van der Waals surface area contributed by atoms with E-state index < -0.39 is 0 Å². The molecule has 0 aliphatic rings. The monoisotopic (exact) mass is 542 g/mol. The molecule has 4 aromatic rings. The number of nitrogens with zero attached hydrogens (tertiary/aromatic N) is 4. The van der Waals surface area contributed by atoms with Crippen LogP contribution in [0.3, 0.4) is 0 Å². The molecule has 40 heavy (non-hydrogen) atoms. The van der Waals surface area contributed by atoms with Crippen LogP contribution in [0.4, 0.5) is 5.69 Å². The van der Waals surface area contributed by atoms with Gasteiger partial charge in [0, 0.05) is 40.5 Å². The highest BCUT2D eigenvalue weighted by Crippen LogP contribution is 2.33. The van der Waals surface area contributed by atoms with Crippen LogP contribution in [-0.4, -0.2) is 41.9 Å². The predicted octanol–water partition coefficient (Wildman–Crippen LogP) is 5.86. The smallest absolute Gasteiger partial charge is 0.278 e. The average molecular weight is 543 g/mol. The molecule has 0 saturated carbocycles. The van der Waals surface area contributed by atoms with Crippen molar-refractivity contribution in [3.8, 4) is 22.8 Å². The van der Waals surface area contributed by atoms with Gasteiger partial charge in [-0.1, -0.05) is 40.2 Å². The summed E-state index contributed by atoms with van der Waals surface area (Å²) in [5, 5.41) is 5.67. The lowest BCUT2D eigenvalue weighted by atomic mass is 9.90. The van der Waals surface area contributed by atoms with Gasteiger partial charge >= 0.3 is 0 Å². The molecule has 2 aromatic carbocycles. The molecular weight excluding hydrogens is 500 g/mol. The first-order valence-corrected chi connectivity index (χ1v) is 14.1. The van der Waals surface area contributed by atoms with Crippen molar-refractivity contribution in [2.24, 2.45) is 0 Å². The maximum absolute atomic E-state index is 13.7. The lowest BCUT2D eigenvalue weighted by Gasteiger charge is -2.23. The van der Waals surface area contributed by atoms with E-state index in [1.807, 2.05) is 18.2 Å². The zero-order valence-electron chi connectivity index (χ0n) is 25.4. The highest BCUT2D eigenvalue weighted by Gasteiger charge is 2.25. The van der Waals surface area contributed by atoms with Crippen molar-refractivity contribution in [3.05, 3.63) is 74.4 Å². The molecule has 0 bridgehead atoms. The molecule has 2 aromatic heterocycles. The predicted molar refractivity (Wildman–Crippen MR) is 164 cm³/mol. The van der Waals surface area contributed by atoms with E-state index >= 15 is 0 Å². The highest BCUT2D eigenvalue weighted by atomic mass is 16.5. The van der Waals surface area contributed by atoms with Crippen LogP contribution in [0.1, 0.15) is 69.8 Å². The van der Waals surface area contributed by atoms with Crippen molar-refractivity contribution in [2.45, 2.75) is 66.7 Å². The lowest BCUT2D eigenvalue weighted by Crippen LogP contribution is -2.24. The Labute approximate surface area is 237 Å². The summed E-state index contributed by atoms with van der Waals surface area (Å²) in [7, 11) is 3.23. The quantitative estimate of drug-likeness (QED) is 0.264. The van der Waals surface area contributed by atoms with Crippen LogP contribution in [-0.2, 0) is 5.41 Å². The summed E-state index contributed by atoms with van der Waals surface area (Å²) >= 11 is 0. The van der Waals surface area contributed by atoms with Gasteiger partial charge in [0.15, 0.2) is 5.65 Å². The zero-order valence-corrected chi connectivity index (χ0v) is 25.4. The SMILES string of the molecule is CCCCN(CC)c1ccc(/C=c2/c(C(C)(C)C)nn3c(=O)c(C)c(-c4cc(OC)ccc4OC)nc23)c(C)c1. The third-order valence-corrected chi connectivity index (χ3v) is 7.44. The molecule has 0 saturated heterocycles. The Balaban J connectivity index is 1.99. The van der Waals surface area contributed by atoms with Crippen LogP contribution in [0.2, 0.25) is 0 Å². The van der Waals surface area contributed by atoms with Crippen molar-refractivity contribution >= 4 is 17.4 Å². The van der Waals surface area contributed by atoms with Gasteiger partial charge in [-0.05, 0) is 74.7 Å². The Bertz CT molecular complexity index is 1630. The van der Waals surface area contributed by atoms with Crippen LogP contribution in [0.15, 0.2) is 41.2 Å². The molecule has 0 unspecified atom stereocenters. The fraction of sp³-hybridized carbons (Fsp3) is 0.424. The van der Waals surface area contributed by atoms with Crippen LogP contribution in [0, 0.1) is 13.8 Å². The third kappa shape index (κ3) is 5.55. The fourth-order valence-corrected chi connectivity index (χ4v) is 5.06. The van der Waals surface area contributed by atoms with E-state index in [2.05, 4.69) is 70.7 Å². The summed E-state index contributed by atoms with van der Waals surface area (Å²) in [6.07, 6.45) is 4.46. The van der Waals surface area contributed by atoms with Crippen molar-refractivity contribution in [3.63, 3.8) is 0 Å². The van der Waals surface area contributed by atoms with Gasteiger partial charge in [-0.25, -0.2) is 4.98 Å². The summed E-state index contributed by atoms with van der Waals surface area (Å²) in [6, 6.07) is 12.1. The van der Waals surface area contributed by atoms with E-state index in [1.54, 1.807) is 21.1 Å². The van der Waals surface area contributed by atoms with Gasteiger partial charge in [-0.2, -0.15) is 9.61 Å². The van der Waals surface area contributed by atoms with Crippen molar-refractivity contribution in [1.82, 2.24) is 14.6 Å². The minimum Gasteiger partial charge on any atom is -0.497 e. The maximum atomic E-state index is 13.7. The van der Waals surface area contributed by atoms with Crippen LogP contribution >= 0.6 is 0 Å². The average Bonchev–Trinajstić information content (AvgIpc) is 3.31. The first-order valence-electron chi connectivity index (χ1n) is 14.1. The number of anilines is 1. The first-order chi connectivity index (χ1) is 19.0. The van der Waals surface area contributed by atoms with Gasteiger partial charge in [0.05, 0.1) is 25.6 Å². The standard InChI is InChI=1S/C33H42N4O3/c1-10-12-17-36(11-2)24-14-13-23(21(3)18-24)19-27-30(33(5,6)7)35-37-31(27)34-29(22(4)32(37)38)26-20-25(39-8)15-16-28(26)40-9/h13-16,18-20H,10-12,17H2,1-9H3/b27-19-. The molecule has 0 fully saturated rings.